The zero-order valence-corrected chi connectivity index (χ0v) is 20.6. The number of allylic oxidation sites excluding steroid dienone is 1. The Bertz CT molecular complexity index is 1760. The van der Waals surface area contributed by atoms with Crippen LogP contribution in [0.5, 0.6) is 0 Å². The number of aromatic amines is 1. The Morgan fingerprint density at radius 2 is 1.92 bits per heavy atom. The fourth-order valence-corrected chi connectivity index (χ4v) is 5.10. The number of imidazole rings is 1. The van der Waals surface area contributed by atoms with Crippen LogP contribution in [0.4, 0.5) is 11.5 Å². The van der Waals surface area contributed by atoms with Gasteiger partial charge in [0.15, 0.2) is 28.8 Å². The number of para-hydroxylation sites is 1. The van der Waals surface area contributed by atoms with Crippen molar-refractivity contribution in [1.82, 2.24) is 24.5 Å². The Morgan fingerprint density at radius 3 is 2.73 bits per heavy atom. The van der Waals surface area contributed by atoms with Gasteiger partial charge in [-0.25, -0.2) is 4.98 Å². The highest BCUT2D eigenvalue weighted by Gasteiger charge is 2.38. The third kappa shape index (κ3) is 4.28. The number of ether oxygens (including phenoxy) is 1. The van der Waals surface area contributed by atoms with Crippen LogP contribution in [0, 0.1) is 0 Å². The lowest BCUT2D eigenvalue weighted by molar-refractivity contribution is -0.00734. The molecule has 12 nitrogen and oxygen atoms in total. The minimum Gasteiger partial charge on any atom is -0.506 e. The summed E-state index contributed by atoms with van der Waals surface area (Å²) in [6.07, 6.45) is -2.11. The van der Waals surface area contributed by atoms with E-state index in [2.05, 4.69) is 25.3 Å². The van der Waals surface area contributed by atoms with Crippen molar-refractivity contribution in [2.45, 2.75) is 18.8 Å². The third-order valence-corrected chi connectivity index (χ3v) is 7.14. The molecule has 0 radical (unpaired) electrons. The summed E-state index contributed by atoms with van der Waals surface area (Å²) in [7, 11) is -4.33. The highest BCUT2D eigenvalue weighted by atomic mass is 35.5. The van der Waals surface area contributed by atoms with Crippen molar-refractivity contribution in [2.24, 2.45) is 0 Å². The van der Waals surface area contributed by atoms with E-state index in [4.69, 9.17) is 26.1 Å². The number of nitrogens with zero attached hydrogens (tertiary/aromatic N) is 4. The lowest BCUT2D eigenvalue weighted by Crippen LogP contribution is -2.22. The van der Waals surface area contributed by atoms with Gasteiger partial charge in [0, 0.05) is 33.9 Å². The summed E-state index contributed by atoms with van der Waals surface area (Å²) in [4.78, 5) is 34.5. The van der Waals surface area contributed by atoms with E-state index < -0.39 is 31.8 Å². The Labute approximate surface area is 213 Å². The molecule has 3 aromatic heterocycles. The Balaban J connectivity index is 1.33. The summed E-state index contributed by atoms with van der Waals surface area (Å²) in [6, 6.07) is 13.8. The van der Waals surface area contributed by atoms with Crippen LogP contribution in [-0.2, 0) is 9.30 Å². The molecular weight excluding hydrogens is 523 g/mol. The lowest BCUT2D eigenvalue weighted by Gasteiger charge is -2.17. The smallest absolute Gasteiger partial charge is 0.326 e. The molecule has 0 aliphatic carbocycles. The molecule has 1 unspecified atom stereocenters. The number of aliphatic hydroxyl groups excluding tert-OH is 2. The number of aliphatic hydroxyl groups is 2. The van der Waals surface area contributed by atoms with E-state index in [0.717, 1.165) is 27.5 Å². The number of benzene rings is 2. The summed E-state index contributed by atoms with van der Waals surface area (Å²) in [5.74, 6) is -0.307. The van der Waals surface area contributed by atoms with Crippen LogP contribution in [0.2, 0.25) is 5.28 Å². The fraction of sp³-hybridized carbons (Fsp3) is 0.174. The molecule has 14 heteroatoms. The van der Waals surface area contributed by atoms with Gasteiger partial charge in [-0.15, -0.1) is 0 Å². The van der Waals surface area contributed by atoms with Crippen LogP contribution < -0.4 is 5.32 Å². The van der Waals surface area contributed by atoms with E-state index in [9.17, 15) is 14.8 Å². The molecular formula is C23H20ClN6O6P. The topological polar surface area (TPSA) is 179 Å². The second-order valence-corrected chi connectivity index (χ2v) is 10.7. The maximum Gasteiger partial charge on any atom is 0.326 e. The first-order valence-electron chi connectivity index (χ1n) is 11.2. The molecule has 4 heterocycles. The zero-order chi connectivity index (χ0) is 25.9. The molecule has 1 aliphatic heterocycles. The van der Waals surface area contributed by atoms with Gasteiger partial charge >= 0.3 is 7.60 Å². The van der Waals surface area contributed by atoms with Gasteiger partial charge in [-0.05, 0) is 35.9 Å². The molecule has 0 fully saturated rings. The lowest BCUT2D eigenvalue weighted by atomic mass is 10.1. The first-order valence-corrected chi connectivity index (χ1v) is 13.3. The van der Waals surface area contributed by atoms with Crippen LogP contribution in [-0.4, -0.2) is 56.8 Å². The second kappa shape index (κ2) is 8.72. The third-order valence-electron chi connectivity index (χ3n) is 6.17. The fourth-order valence-electron chi connectivity index (χ4n) is 4.44. The van der Waals surface area contributed by atoms with Crippen LogP contribution in [0.15, 0.2) is 60.3 Å². The van der Waals surface area contributed by atoms with Crippen molar-refractivity contribution < 1.29 is 29.3 Å². The number of fused-ring (bicyclic) bond motifs is 4. The number of aromatic nitrogens is 5. The molecule has 6 rings (SSSR count). The predicted molar refractivity (Wildman–Crippen MR) is 137 cm³/mol. The minimum atomic E-state index is -4.33. The van der Waals surface area contributed by atoms with E-state index >= 15 is 0 Å². The second-order valence-electron chi connectivity index (χ2n) is 8.62. The van der Waals surface area contributed by atoms with E-state index in [1.807, 2.05) is 42.5 Å². The Morgan fingerprint density at radius 1 is 1.14 bits per heavy atom. The number of hydrogen-bond acceptors (Lipinski definition) is 8. The number of H-pyrrole nitrogens is 1. The molecule has 0 saturated heterocycles. The molecule has 2 aromatic carbocycles. The summed E-state index contributed by atoms with van der Waals surface area (Å²) in [6.45, 7) is 0. The normalized spacial score (nSPS) is 18.3. The molecule has 37 heavy (non-hydrogen) atoms. The van der Waals surface area contributed by atoms with Gasteiger partial charge in [0.1, 0.15) is 12.1 Å². The number of rotatable bonds is 6. The van der Waals surface area contributed by atoms with Crippen LogP contribution >= 0.6 is 19.2 Å². The maximum atomic E-state index is 11.2. The highest BCUT2D eigenvalue weighted by molar-refractivity contribution is 7.51. The maximum absolute atomic E-state index is 11.2. The number of hydrogen-bond donors (Lipinski definition) is 6. The van der Waals surface area contributed by atoms with Crippen molar-refractivity contribution in [1.29, 1.82) is 0 Å². The minimum absolute atomic E-state index is 0.0867. The standard InChI is InChI=1S/C23H20ClN6O6P/c24-23-28-20(26-11-5-6-15-13(9-11)12-3-1-2-4-14(12)27-15)17-21(29-23)30(10-25-17)22-19(32)18(31)16(36-22)7-8-37(33,34)35/h1-6,9-10,19,22,27,31-32H,7-8H2,(H,26,28,29)(H2,33,34,35)/t19?,22-/m1/s1. The van der Waals surface area contributed by atoms with Crippen molar-refractivity contribution in [3.63, 3.8) is 0 Å². The van der Waals surface area contributed by atoms with E-state index in [1.165, 1.54) is 10.9 Å². The quantitative estimate of drug-likeness (QED) is 0.135. The van der Waals surface area contributed by atoms with Crippen LogP contribution in [0.25, 0.3) is 33.0 Å². The number of halogens is 1. The zero-order valence-electron chi connectivity index (χ0n) is 18.9. The Kier molecular flexibility index (Phi) is 5.59. The first kappa shape index (κ1) is 23.7. The van der Waals surface area contributed by atoms with Gasteiger partial charge in [0.2, 0.25) is 11.5 Å². The van der Waals surface area contributed by atoms with Gasteiger partial charge in [-0.1, -0.05) is 18.2 Å². The largest absolute Gasteiger partial charge is 0.506 e. The van der Waals surface area contributed by atoms with Crippen LogP contribution in [0.3, 0.4) is 0 Å². The molecule has 0 saturated carbocycles. The SMILES string of the molecule is O=P(O)(O)CCC1=C(O)C(O)[C@H](n2cnc3c(Nc4ccc5[nH]c6ccccc6c5c4)nc(Cl)nc32)O1. The molecule has 2 atom stereocenters. The van der Waals surface area contributed by atoms with Gasteiger partial charge in [0.25, 0.3) is 0 Å². The molecule has 1 aliphatic rings. The molecule has 0 spiro atoms. The van der Waals surface area contributed by atoms with Crippen molar-refractivity contribution in [2.75, 3.05) is 11.5 Å². The summed E-state index contributed by atoms with van der Waals surface area (Å²) >= 11 is 6.22. The summed E-state index contributed by atoms with van der Waals surface area (Å²) in [5.41, 5.74) is 3.30. The van der Waals surface area contributed by atoms with Crippen molar-refractivity contribution in [3.05, 3.63) is 65.6 Å². The highest BCUT2D eigenvalue weighted by Crippen LogP contribution is 2.41. The van der Waals surface area contributed by atoms with Gasteiger partial charge < -0.3 is 35.0 Å². The summed E-state index contributed by atoms with van der Waals surface area (Å²) < 4.78 is 18.2. The predicted octanol–water partition coefficient (Wildman–Crippen LogP) is 4.08. The number of nitrogens with one attached hydrogen (secondary N) is 2. The van der Waals surface area contributed by atoms with Crippen molar-refractivity contribution in [3.8, 4) is 0 Å². The molecule has 190 valence electrons. The molecule has 0 bridgehead atoms. The monoisotopic (exact) mass is 542 g/mol. The number of anilines is 2. The van der Waals surface area contributed by atoms with E-state index in [1.54, 1.807) is 0 Å². The van der Waals surface area contributed by atoms with Gasteiger partial charge in [-0.3, -0.25) is 9.13 Å². The van der Waals surface area contributed by atoms with E-state index in [0.29, 0.717) is 11.3 Å². The average Bonchev–Trinajstić information content (AvgIpc) is 3.51. The average molecular weight is 543 g/mol. The molecule has 0 amide bonds. The van der Waals surface area contributed by atoms with Gasteiger partial charge in [0.05, 0.1) is 6.16 Å². The van der Waals surface area contributed by atoms with Gasteiger partial charge in [-0.2, -0.15) is 9.97 Å². The first-order chi connectivity index (χ1) is 17.7. The van der Waals surface area contributed by atoms with Crippen LogP contribution in [0.1, 0.15) is 12.6 Å². The van der Waals surface area contributed by atoms with Crippen molar-refractivity contribution >= 4 is 63.7 Å². The summed E-state index contributed by atoms with van der Waals surface area (Å²) in [5, 5.41) is 26.1. The van der Waals surface area contributed by atoms with E-state index in [-0.39, 0.29) is 23.1 Å². The molecule has 6 N–H and O–H groups in total. The molecule has 5 aromatic rings. The Hall–Kier alpha value is -3.67.